The van der Waals surface area contributed by atoms with Crippen LogP contribution in [0.15, 0.2) is 18.2 Å². The van der Waals surface area contributed by atoms with E-state index in [1.165, 1.54) is 19.3 Å². The van der Waals surface area contributed by atoms with Crippen LogP contribution in [-0.2, 0) is 11.8 Å². The minimum atomic E-state index is 0.481. The first-order chi connectivity index (χ1) is 8.31. The van der Waals surface area contributed by atoms with Crippen LogP contribution in [-0.4, -0.2) is 6.61 Å². The van der Waals surface area contributed by atoms with Gasteiger partial charge < -0.3 is 4.74 Å². The topological polar surface area (TPSA) is 9.23 Å². The summed E-state index contributed by atoms with van der Waals surface area (Å²) in [5.74, 6) is 1.87. The summed E-state index contributed by atoms with van der Waals surface area (Å²) >= 11 is 11.7. The van der Waals surface area contributed by atoms with E-state index in [0.29, 0.717) is 11.8 Å². The number of benzene rings is 1. The van der Waals surface area contributed by atoms with Crippen molar-refractivity contribution in [2.24, 2.45) is 0 Å². The normalized spacial score (nSPS) is 10.5. The number of ether oxygens (including phenoxy) is 1. The third kappa shape index (κ3) is 5.18. The van der Waals surface area contributed by atoms with Crippen molar-refractivity contribution < 1.29 is 4.74 Å². The second kappa shape index (κ2) is 8.66. The van der Waals surface area contributed by atoms with Crippen LogP contribution >= 0.6 is 23.2 Å². The number of rotatable bonds is 8. The standard InChI is InChI=1S/C14H20Cl2O/c1-2-3-4-5-8-17-14-7-6-12(10-15)13(9-14)11-16/h6-7,9H,2-5,8,10-11H2,1H3. The van der Waals surface area contributed by atoms with E-state index in [9.17, 15) is 0 Å². The second-order valence-electron chi connectivity index (χ2n) is 4.11. The third-order valence-corrected chi connectivity index (χ3v) is 3.31. The maximum atomic E-state index is 5.87. The molecule has 1 rings (SSSR count). The maximum Gasteiger partial charge on any atom is 0.119 e. The maximum absolute atomic E-state index is 5.87. The molecule has 0 aromatic heterocycles. The quantitative estimate of drug-likeness (QED) is 0.472. The van der Waals surface area contributed by atoms with Crippen molar-refractivity contribution in [1.82, 2.24) is 0 Å². The van der Waals surface area contributed by atoms with Gasteiger partial charge in [0, 0.05) is 11.8 Å². The molecule has 17 heavy (non-hydrogen) atoms. The fraction of sp³-hybridized carbons (Fsp3) is 0.571. The Morgan fingerprint density at radius 3 is 2.41 bits per heavy atom. The first kappa shape index (κ1) is 14.7. The molecule has 0 bridgehead atoms. The zero-order chi connectivity index (χ0) is 12.5. The van der Waals surface area contributed by atoms with Gasteiger partial charge in [-0.1, -0.05) is 32.3 Å². The number of unbranched alkanes of at least 4 members (excludes halogenated alkanes) is 3. The van der Waals surface area contributed by atoms with Gasteiger partial charge in [-0.25, -0.2) is 0 Å². The molecule has 1 aromatic rings. The molecular formula is C14H20Cl2O. The van der Waals surface area contributed by atoms with Crippen LogP contribution in [0.2, 0.25) is 0 Å². The molecule has 0 radical (unpaired) electrons. The summed E-state index contributed by atoms with van der Waals surface area (Å²) < 4.78 is 5.69. The minimum Gasteiger partial charge on any atom is -0.494 e. The van der Waals surface area contributed by atoms with E-state index >= 15 is 0 Å². The van der Waals surface area contributed by atoms with Gasteiger partial charge in [-0.2, -0.15) is 0 Å². The molecule has 0 heterocycles. The van der Waals surface area contributed by atoms with Crippen molar-refractivity contribution in [3.05, 3.63) is 29.3 Å². The van der Waals surface area contributed by atoms with Crippen LogP contribution in [0.25, 0.3) is 0 Å². The van der Waals surface area contributed by atoms with E-state index in [4.69, 9.17) is 27.9 Å². The van der Waals surface area contributed by atoms with Crippen molar-refractivity contribution >= 4 is 23.2 Å². The minimum absolute atomic E-state index is 0.481. The summed E-state index contributed by atoms with van der Waals surface area (Å²) in [6.45, 7) is 2.99. The monoisotopic (exact) mass is 274 g/mol. The van der Waals surface area contributed by atoms with Crippen LogP contribution in [0, 0.1) is 0 Å². The van der Waals surface area contributed by atoms with E-state index in [1.54, 1.807) is 0 Å². The van der Waals surface area contributed by atoms with Gasteiger partial charge in [0.25, 0.3) is 0 Å². The van der Waals surface area contributed by atoms with E-state index in [-0.39, 0.29) is 0 Å². The van der Waals surface area contributed by atoms with Crippen LogP contribution in [0.5, 0.6) is 5.75 Å². The number of halogens is 2. The molecule has 1 nitrogen and oxygen atoms in total. The van der Waals surface area contributed by atoms with Gasteiger partial charge in [0.15, 0.2) is 0 Å². The molecule has 0 fully saturated rings. The van der Waals surface area contributed by atoms with Crippen LogP contribution in [0.4, 0.5) is 0 Å². The fourth-order valence-electron chi connectivity index (χ4n) is 1.67. The first-order valence-corrected chi connectivity index (χ1v) is 7.25. The van der Waals surface area contributed by atoms with Crippen molar-refractivity contribution in [1.29, 1.82) is 0 Å². The van der Waals surface area contributed by atoms with Gasteiger partial charge in [-0.05, 0) is 29.7 Å². The highest BCUT2D eigenvalue weighted by molar-refractivity contribution is 6.18. The molecule has 0 saturated carbocycles. The third-order valence-electron chi connectivity index (χ3n) is 2.73. The Bertz CT molecular complexity index is 326. The molecule has 3 heteroatoms. The molecule has 0 unspecified atom stereocenters. The Balaban J connectivity index is 2.43. The van der Waals surface area contributed by atoms with E-state index in [1.807, 2.05) is 18.2 Å². The molecule has 0 atom stereocenters. The zero-order valence-corrected chi connectivity index (χ0v) is 11.9. The Labute approximate surface area is 114 Å². The Morgan fingerprint density at radius 2 is 1.76 bits per heavy atom. The predicted octanol–water partition coefficient (Wildman–Crippen LogP) is 5.12. The molecular weight excluding hydrogens is 255 g/mol. The highest BCUT2D eigenvalue weighted by Gasteiger charge is 2.03. The molecule has 0 spiro atoms. The van der Waals surface area contributed by atoms with Crippen molar-refractivity contribution in [2.75, 3.05) is 6.61 Å². The average Bonchev–Trinajstić information content (AvgIpc) is 2.38. The fourth-order valence-corrected chi connectivity index (χ4v) is 2.18. The second-order valence-corrected chi connectivity index (χ2v) is 4.64. The van der Waals surface area contributed by atoms with Gasteiger partial charge in [0.2, 0.25) is 0 Å². The summed E-state index contributed by atoms with van der Waals surface area (Å²) in [5.41, 5.74) is 2.15. The summed E-state index contributed by atoms with van der Waals surface area (Å²) in [6.07, 6.45) is 4.88. The molecule has 96 valence electrons. The molecule has 1 aromatic carbocycles. The van der Waals surface area contributed by atoms with E-state index in [0.717, 1.165) is 29.9 Å². The lowest BCUT2D eigenvalue weighted by atomic mass is 10.1. The van der Waals surface area contributed by atoms with Crippen molar-refractivity contribution in [3.63, 3.8) is 0 Å². The van der Waals surface area contributed by atoms with Crippen LogP contribution in [0.1, 0.15) is 43.7 Å². The Kier molecular flexibility index (Phi) is 7.46. The lowest BCUT2D eigenvalue weighted by Crippen LogP contribution is -1.98. The number of hydrogen-bond acceptors (Lipinski definition) is 1. The summed E-state index contributed by atoms with van der Waals surface area (Å²) in [7, 11) is 0. The molecule has 0 N–H and O–H groups in total. The highest BCUT2D eigenvalue weighted by atomic mass is 35.5. The molecule has 0 saturated heterocycles. The highest BCUT2D eigenvalue weighted by Crippen LogP contribution is 2.21. The van der Waals surface area contributed by atoms with E-state index < -0.39 is 0 Å². The van der Waals surface area contributed by atoms with Crippen molar-refractivity contribution in [2.45, 2.75) is 44.4 Å². The molecule has 0 aliphatic rings. The Hall–Kier alpha value is -0.400. The number of alkyl halides is 2. The summed E-state index contributed by atoms with van der Waals surface area (Å²) in [5, 5.41) is 0. The molecule has 0 aliphatic heterocycles. The lowest BCUT2D eigenvalue weighted by Gasteiger charge is -2.09. The summed E-state index contributed by atoms with van der Waals surface area (Å²) in [6, 6.07) is 5.95. The lowest BCUT2D eigenvalue weighted by molar-refractivity contribution is 0.305. The molecule has 0 amide bonds. The predicted molar refractivity (Wildman–Crippen MR) is 75.2 cm³/mol. The van der Waals surface area contributed by atoms with Gasteiger partial charge in [-0.3, -0.25) is 0 Å². The van der Waals surface area contributed by atoms with Gasteiger partial charge in [0.05, 0.1) is 6.61 Å². The SMILES string of the molecule is CCCCCCOc1ccc(CCl)c(CCl)c1. The van der Waals surface area contributed by atoms with E-state index in [2.05, 4.69) is 6.92 Å². The van der Waals surface area contributed by atoms with Crippen molar-refractivity contribution in [3.8, 4) is 5.75 Å². The smallest absolute Gasteiger partial charge is 0.119 e. The zero-order valence-electron chi connectivity index (χ0n) is 10.3. The van der Waals surface area contributed by atoms with Crippen LogP contribution in [0.3, 0.4) is 0 Å². The van der Waals surface area contributed by atoms with Gasteiger partial charge in [0.1, 0.15) is 5.75 Å². The molecule has 0 aliphatic carbocycles. The Morgan fingerprint density at radius 1 is 1.00 bits per heavy atom. The first-order valence-electron chi connectivity index (χ1n) is 6.18. The average molecular weight is 275 g/mol. The number of hydrogen-bond donors (Lipinski definition) is 0. The van der Waals surface area contributed by atoms with Gasteiger partial charge in [-0.15, -0.1) is 23.2 Å². The van der Waals surface area contributed by atoms with Crippen LogP contribution < -0.4 is 4.74 Å². The summed E-state index contributed by atoms with van der Waals surface area (Å²) in [4.78, 5) is 0. The largest absolute Gasteiger partial charge is 0.494 e. The van der Waals surface area contributed by atoms with Gasteiger partial charge >= 0.3 is 0 Å².